The molecule has 11 rings (SSSR count). The fraction of sp³-hybridized carbons (Fsp3) is 0.115. The summed E-state index contributed by atoms with van der Waals surface area (Å²) in [4.78, 5) is 10.4. The summed E-state index contributed by atoms with van der Waals surface area (Å²) in [5.41, 5.74) is 16.2. The third kappa shape index (κ3) is 5.21. The molecule has 0 N–H and O–H groups in total. The molecule has 1 fully saturated rings. The molecule has 0 atom stereocenters. The third-order valence-electron chi connectivity index (χ3n) is 12.1. The van der Waals surface area contributed by atoms with Gasteiger partial charge in [-0.1, -0.05) is 183 Å². The zero-order valence-corrected chi connectivity index (χ0v) is 31.3. The highest BCUT2D eigenvalue weighted by Crippen LogP contribution is 2.58. The van der Waals surface area contributed by atoms with Gasteiger partial charge in [0.25, 0.3) is 0 Å². The predicted octanol–water partition coefficient (Wildman–Crippen LogP) is 14.4. The maximum Gasteiger partial charge on any atom is 0.160 e. The monoisotopic (exact) mass is 722 g/mol. The third-order valence-corrected chi connectivity index (χ3v) is 13.4. The summed E-state index contributed by atoms with van der Waals surface area (Å²) in [6, 6.07) is 61.8. The van der Waals surface area contributed by atoms with Crippen LogP contribution in [0.3, 0.4) is 0 Å². The van der Waals surface area contributed by atoms with Gasteiger partial charge >= 0.3 is 0 Å². The second-order valence-electron chi connectivity index (χ2n) is 15.2. The molecule has 2 aliphatic carbocycles. The van der Waals surface area contributed by atoms with Crippen LogP contribution in [0, 0.1) is 0 Å². The van der Waals surface area contributed by atoms with Gasteiger partial charge in [-0.2, -0.15) is 0 Å². The normalized spacial score (nSPS) is 14.3. The van der Waals surface area contributed by atoms with Crippen molar-refractivity contribution < 1.29 is 0 Å². The summed E-state index contributed by atoms with van der Waals surface area (Å²) in [6.07, 6.45) is 6.40. The van der Waals surface area contributed by atoms with Crippen LogP contribution in [0.25, 0.3) is 87.5 Å². The van der Waals surface area contributed by atoms with E-state index in [1.54, 1.807) is 0 Å². The molecule has 9 aromatic rings. The highest BCUT2D eigenvalue weighted by molar-refractivity contribution is 7.26. The molecule has 1 saturated carbocycles. The Labute approximate surface area is 325 Å². The van der Waals surface area contributed by atoms with Crippen molar-refractivity contribution in [3.63, 3.8) is 0 Å². The van der Waals surface area contributed by atoms with Crippen molar-refractivity contribution in [3.05, 3.63) is 181 Å². The smallest absolute Gasteiger partial charge is 0.160 e. The van der Waals surface area contributed by atoms with Gasteiger partial charge in [0.05, 0.1) is 11.4 Å². The number of hydrogen-bond donors (Lipinski definition) is 0. The molecule has 0 unspecified atom stereocenters. The van der Waals surface area contributed by atoms with E-state index in [-0.39, 0.29) is 5.41 Å². The zero-order chi connectivity index (χ0) is 36.3. The molecular formula is C52H38N2S. The summed E-state index contributed by atoms with van der Waals surface area (Å²) >= 11 is 1.90. The Morgan fingerprint density at radius 1 is 0.400 bits per heavy atom. The molecule has 0 saturated heterocycles. The number of hydrogen-bond acceptors (Lipinski definition) is 3. The number of rotatable bonds is 5. The van der Waals surface area contributed by atoms with E-state index >= 15 is 0 Å². The summed E-state index contributed by atoms with van der Waals surface area (Å²) in [5.74, 6) is 0.731. The van der Waals surface area contributed by atoms with E-state index in [4.69, 9.17) is 9.97 Å². The molecule has 0 amide bonds. The van der Waals surface area contributed by atoms with Gasteiger partial charge in [-0.05, 0) is 57.9 Å². The van der Waals surface area contributed by atoms with Crippen LogP contribution in [-0.4, -0.2) is 9.97 Å². The van der Waals surface area contributed by atoms with Crippen LogP contribution in [0.1, 0.15) is 43.2 Å². The van der Waals surface area contributed by atoms with Crippen molar-refractivity contribution in [1.82, 2.24) is 9.97 Å². The van der Waals surface area contributed by atoms with Crippen molar-refractivity contribution in [2.24, 2.45) is 0 Å². The Bertz CT molecular complexity index is 2880. The minimum absolute atomic E-state index is 0.129. The lowest BCUT2D eigenvalue weighted by Crippen LogP contribution is -2.27. The first kappa shape index (κ1) is 32.3. The summed E-state index contributed by atoms with van der Waals surface area (Å²) in [5, 5.41) is 2.56. The maximum absolute atomic E-state index is 5.28. The average molecular weight is 723 g/mol. The highest BCUT2D eigenvalue weighted by Gasteiger charge is 2.44. The van der Waals surface area contributed by atoms with E-state index in [1.165, 1.54) is 96.8 Å². The number of aromatic nitrogens is 2. The van der Waals surface area contributed by atoms with E-state index in [9.17, 15) is 0 Å². The van der Waals surface area contributed by atoms with Gasteiger partial charge in [0.15, 0.2) is 5.82 Å². The molecule has 1 spiro atoms. The van der Waals surface area contributed by atoms with Gasteiger partial charge in [-0.3, -0.25) is 0 Å². The van der Waals surface area contributed by atoms with Crippen LogP contribution < -0.4 is 0 Å². The Morgan fingerprint density at radius 2 is 0.945 bits per heavy atom. The number of benzene rings is 7. The second-order valence-corrected chi connectivity index (χ2v) is 16.2. The van der Waals surface area contributed by atoms with Crippen LogP contribution in [0.4, 0.5) is 0 Å². The molecule has 0 radical (unpaired) electrons. The molecule has 262 valence electrons. The summed E-state index contributed by atoms with van der Waals surface area (Å²) in [6.45, 7) is 0. The minimum Gasteiger partial charge on any atom is -0.228 e. The van der Waals surface area contributed by atoms with E-state index in [2.05, 4.69) is 164 Å². The van der Waals surface area contributed by atoms with E-state index in [0.29, 0.717) is 0 Å². The van der Waals surface area contributed by atoms with Gasteiger partial charge < -0.3 is 0 Å². The van der Waals surface area contributed by atoms with Gasteiger partial charge in [0.2, 0.25) is 0 Å². The molecule has 2 aliphatic rings. The van der Waals surface area contributed by atoms with Crippen LogP contribution in [0.5, 0.6) is 0 Å². The minimum atomic E-state index is 0.129. The van der Waals surface area contributed by atoms with Crippen molar-refractivity contribution in [2.75, 3.05) is 0 Å². The Hall–Kier alpha value is -6.16. The summed E-state index contributed by atoms with van der Waals surface area (Å²) in [7, 11) is 0. The fourth-order valence-corrected chi connectivity index (χ4v) is 10.9. The lowest BCUT2D eigenvalue weighted by atomic mass is 9.68. The molecule has 2 aromatic heterocycles. The van der Waals surface area contributed by atoms with Crippen LogP contribution in [0.15, 0.2) is 170 Å². The topological polar surface area (TPSA) is 25.8 Å². The molecule has 55 heavy (non-hydrogen) atoms. The highest BCUT2D eigenvalue weighted by atomic mass is 32.1. The summed E-state index contributed by atoms with van der Waals surface area (Å²) < 4.78 is 2.58. The van der Waals surface area contributed by atoms with E-state index in [1.807, 2.05) is 17.4 Å². The van der Waals surface area contributed by atoms with Crippen molar-refractivity contribution in [3.8, 4) is 67.3 Å². The Kier molecular flexibility index (Phi) is 7.63. The van der Waals surface area contributed by atoms with Gasteiger partial charge in [0.1, 0.15) is 0 Å². The quantitative estimate of drug-likeness (QED) is 0.177. The van der Waals surface area contributed by atoms with Gasteiger partial charge in [0, 0.05) is 47.8 Å². The number of fused-ring (bicyclic) bond motifs is 8. The molecule has 2 nitrogen and oxygen atoms in total. The Morgan fingerprint density at radius 3 is 1.71 bits per heavy atom. The van der Waals surface area contributed by atoms with Crippen molar-refractivity contribution in [2.45, 2.75) is 37.5 Å². The predicted molar refractivity (Wildman–Crippen MR) is 231 cm³/mol. The van der Waals surface area contributed by atoms with Crippen LogP contribution in [-0.2, 0) is 5.41 Å². The fourth-order valence-electron chi connectivity index (χ4n) is 9.57. The maximum atomic E-state index is 5.28. The van der Waals surface area contributed by atoms with Gasteiger partial charge in [-0.25, -0.2) is 9.97 Å². The van der Waals surface area contributed by atoms with Crippen molar-refractivity contribution in [1.29, 1.82) is 0 Å². The first-order valence-corrected chi connectivity index (χ1v) is 20.4. The van der Waals surface area contributed by atoms with Crippen LogP contribution in [0.2, 0.25) is 0 Å². The molecule has 7 aromatic carbocycles. The number of nitrogens with zero attached hydrogens (tertiary/aromatic N) is 2. The van der Waals surface area contributed by atoms with Crippen molar-refractivity contribution >= 4 is 31.5 Å². The SMILES string of the molecule is c1ccc(-c2ccc(-c3cc(-c4cccc5c4sc4c(-c6cccc7c6-c6ccccc6C76CCCCC6)cccc45)nc(-c4ccccc4)n3)cc2)cc1. The lowest BCUT2D eigenvalue weighted by Gasteiger charge is -2.36. The molecule has 0 bridgehead atoms. The first-order valence-electron chi connectivity index (χ1n) is 19.5. The molecular weight excluding hydrogens is 685 g/mol. The number of thiophene rings is 1. The lowest BCUT2D eigenvalue weighted by molar-refractivity contribution is 0.353. The van der Waals surface area contributed by atoms with E-state index < -0.39 is 0 Å². The molecule has 0 aliphatic heterocycles. The second kappa shape index (κ2) is 13.0. The Balaban J connectivity index is 1.09. The zero-order valence-electron chi connectivity index (χ0n) is 30.5. The first-order chi connectivity index (χ1) is 27.2. The largest absolute Gasteiger partial charge is 0.228 e. The average Bonchev–Trinajstić information content (AvgIpc) is 3.78. The van der Waals surface area contributed by atoms with Crippen LogP contribution >= 0.6 is 11.3 Å². The standard InChI is InChI=1S/C52H38N2S/c1-4-15-34(16-5-1)35-27-29-36(30-28-35)46-33-47(54-51(53-46)37-17-6-2-7-18-37)43-24-13-23-41-40-22-12-21-39(49(40)55-50(41)43)38-20-14-26-45-48(38)42-19-8-9-25-44(42)52(45)31-10-3-11-32-52/h1-2,4-9,12-30,33H,3,10-11,31-32H2. The van der Waals surface area contributed by atoms with E-state index in [0.717, 1.165) is 33.9 Å². The van der Waals surface area contributed by atoms with Gasteiger partial charge in [-0.15, -0.1) is 11.3 Å². The molecule has 3 heteroatoms. The molecule has 2 heterocycles.